The molecule has 41 heavy (non-hydrogen) atoms. The van der Waals surface area contributed by atoms with Crippen molar-refractivity contribution >= 4 is 46.6 Å². The smallest absolute Gasteiger partial charge is 0.231 e. The van der Waals surface area contributed by atoms with Gasteiger partial charge >= 0.3 is 0 Å². The van der Waals surface area contributed by atoms with Crippen LogP contribution >= 0.6 is 34.8 Å². The lowest BCUT2D eigenvalue weighted by molar-refractivity contribution is 0.174. The van der Waals surface area contributed by atoms with Gasteiger partial charge in [-0.3, -0.25) is 0 Å². The summed E-state index contributed by atoms with van der Waals surface area (Å²) in [5, 5.41) is 0. The van der Waals surface area contributed by atoms with Crippen molar-refractivity contribution in [1.29, 1.82) is 0 Å². The molecule has 3 aliphatic rings. The summed E-state index contributed by atoms with van der Waals surface area (Å²) in [6.07, 6.45) is 2.90. The maximum atomic E-state index is 6.79. The average Bonchev–Trinajstić information content (AvgIpc) is 3.45. The van der Waals surface area contributed by atoms with E-state index >= 15 is 0 Å². The summed E-state index contributed by atoms with van der Waals surface area (Å²) in [5.41, 5.74) is 8.14. The molecule has 1 atom stereocenters. The van der Waals surface area contributed by atoms with Gasteiger partial charge < -0.3 is 23.8 Å². The number of methoxy groups -OCH3 is 1. The van der Waals surface area contributed by atoms with Crippen LogP contribution in [0.25, 0.3) is 22.9 Å². The lowest BCUT2D eigenvalue weighted by Gasteiger charge is -2.46. The van der Waals surface area contributed by atoms with Crippen LogP contribution in [0.1, 0.15) is 33.9 Å². The lowest BCUT2D eigenvalue weighted by atomic mass is 9.86. The number of rotatable bonds is 5. The number of halogens is 3. The molecule has 8 heteroatoms. The van der Waals surface area contributed by atoms with Crippen LogP contribution in [0, 0.1) is 0 Å². The molecule has 3 aliphatic heterocycles. The SMILES string of the molecule is COc1ccc2c(c1OCc1ccccc1-c1ccccc1)[C@H](C(Cl)(Cl)Cl)N1CCc3cc4c(cc3C1=C2)OCO4. The number of hydrogen-bond donors (Lipinski definition) is 0. The van der Waals surface area contributed by atoms with E-state index in [1.807, 2.05) is 48.5 Å². The summed E-state index contributed by atoms with van der Waals surface area (Å²) in [6.45, 7) is 1.19. The minimum absolute atomic E-state index is 0.217. The zero-order valence-electron chi connectivity index (χ0n) is 22.2. The number of nitrogens with zero attached hydrogens (tertiary/aromatic N) is 1. The number of fused-ring (bicyclic) bond motifs is 5. The molecule has 0 fully saturated rings. The van der Waals surface area contributed by atoms with Crippen molar-refractivity contribution in [2.45, 2.75) is 22.9 Å². The minimum atomic E-state index is -1.66. The van der Waals surface area contributed by atoms with Crippen molar-refractivity contribution in [3.8, 4) is 34.1 Å². The van der Waals surface area contributed by atoms with Crippen LogP contribution in [0.5, 0.6) is 23.0 Å². The summed E-state index contributed by atoms with van der Waals surface area (Å²) >= 11 is 20.4. The number of ether oxygens (including phenoxy) is 4. The van der Waals surface area contributed by atoms with Crippen molar-refractivity contribution in [3.05, 3.63) is 107 Å². The Hall–Kier alpha value is -3.51. The third-order valence-corrected chi connectivity index (χ3v) is 8.50. The second-order valence-corrected chi connectivity index (χ2v) is 12.6. The van der Waals surface area contributed by atoms with Gasteiger partial charge in [0.25, 0.3) is 0 Å². The zero-order valence-corrected chi connectivity index (χ0v) is 24.5. The molecule has 0 aromatic heterocycles. The van der Waals surface area contributed by atoms with E-state index in [1.165, 1.54) is 5.56 Å². The predicted octanol–water partition coefficient (Wildman–Crippen LogP) is 8.45. The Morgan fingerprint density at radius 2 is 1.66 bits per heavy atom. The molecule has 0 aliphatic carbocycles. The van der Waals surface area contributed by atoms with Crippen LogP contribution in [0.3, 0.4) is 0 Å². The Morgan fingerprint density at radius 1 is 0.902 bits per heavy atom. The second kappa shape index (κ2) is 10.4. The van der Waals surface area contributed by atoms with Gasteiger partial charge in [0.2, 0.25) is 10.6 Å². The summed E-state index contributed by atoms with van der Waals surface area (Å²) < 4.78 is 22.1. The summed E-state index contributed by atoms with van der Waals surface area (Å²) in [6, 6.07) is 25.8. The Labute approximate surface area is 253 Å². The van der Waals surface area contributed by atoms with Crippen LogP contribution in [0.2, 0.25) is 0 Å². The standard InChI is InChI=1S/C33H26Cl3NO4/c1-38-27-12-11-22-15-26-25-17-29-28(40-19-41-29)16-21(25)13-14-37(26)32(33(34,35)36)30(22)31(27)39-18-23-9-5-6-10-24(23)20-7-3-2-4-8-20/h2-12,15-17,32H,13-14,18-19H2,1H3/t32-/m1/s1. The summed E-state index contributed by atoms with van der Waals surface area (Å²) in [5.74, 6) is 2.63. The largest absolute Gasteiger partial charge is 0.493 e. The molecule has 0 amide bonds. The first-order valence-corrected chi connectivity index (χ1v) is 14.5. The highest BCUT2D eigenvalue weighted by atomic mass is 35.6. The fourth-order valence-corrected chi connectivity index (χ4v) is 6.71. The van der Waals surface area contributed by atoms with Crippen LogP contribution in [-0.4, -0.2) is 29.1 Å². The van der Waals surface area contributed by atoms with Gasteiger partial charge in [0.15, 0.2) is 23.0 Å². The average molecular weight is 607 g/mol. The molecule has 0 spiro atoms. The monoisotopic (exact) mass is 605 g/mol. The Balaban J connectivity index is 1.34. The van der Waals surface area contributed by atoms with Crippen LogP contribution in [-0.2, 0) is 13.0 Å². The first kappa shape index (κ1) is 26.4. The molecule has 5 nitrogen and oxygen atoms in total. The van der Waals surface area contributed by atoms with Gasteiger partial charge in [-0.2, -0.15) is 0 Å². The lowest BCUT2D eigenvalue weighted by Crippen LogP contribution is -2.41. The van der Waals surface area contributed by atoms with E-state index in [0.717, 1.165) is 57.0 Å². The van der Waals surface area contributed by atoms with E-state index in [9.17, 15) is 0 Å². The quantitative estimate of drug-likeness (QED) is 0.213. The van der Waals surface area contributed by atoms with Crippen LogP contribution in [0.4, 0.5) is 0 Å². The Bertz CT molecular complexity index is 1670. The third-order valence-electron chi connectivity index (χ3n) is 7.88. The van der Waals surface area contributed by atoms with Gasteiger partial charge in [-0.15, -0.1) is 0 Å². The molecule has 7 rings (SSSR count). The predicted molar refractivity (Wildman–Crippen MR) is 163 cm³/mol. The van der Waals surface area contributed by atoms with E-state index in [1.54, 1.807) is 7.11 Å². The van der Waals surface area contributed by atoms with Crippen molar-refractivity contribution < 1.29 is 18.9 Å². The third kappa shape index (κ3) is 4.66. The van der Waals surface area contributed by atoms with Gasteiger partial charge in [-0.1, -0.05) is 95.5 Å². The fraction of sp³-hybridized carbons (Fsp3) is 0.212. The van der Waals surface area contributed by atoms with E-state index < -0.39 is 9.83 Å². The molecule has 208 valence electrons. The van der Waals surface area contributed by atoms with Gasteiger partial charge in [-0.25, -0.2) is 0 Å². The summed E-state index contributed by atoms with van der Waals surface area (Å²) in [4.78, 5) is 2.16. The molecule has 4 aromatic carbocycles. The molecule has 4 aromatic rings. The topological polar surface area (TPSA) is 40.2 Å². The number of alkyl halides is 3. The highest BCUT2D eigenvalue weighted by Crippen LogP contribution is 2.56. The van der Waals surface area contributed by atoms with E-state index in [2.05, 4.69) is 41.3 Å². The zero-order chi connectivity index (χ0) is 28.1. The van der Waals surface area contributed by atoms with Gasteiger partial charge in [0.05, 0.1) is 7.11 Å². The first-order valence-electron chi connectivity index (χ1n) is 13.4. The Kier molecular flexibility index (Phi) is 6.69. The molecule has 0 saturated carbocycles. The van der Waals surface area contributed by atoms with Crippen molar-refractivity contribution in [3.63, 3.8) is 0 Å². The van der Waals surface area contributed by atoms with Crippen LogP contribution < -0.4 is 18.9 Å². The molecule has 3 heterocycles. The number of hydrogen-bond acceptors (Lipinski definition) is 5. The molecule has 0 radical (unpaired) electrons. The van der Waals surface area contributed by atoms with Gasteiger partial charge in [0, 0.05) is 23.4 Å². The first-order chi connectivity index (χ1) is 19.9. The molecular formula is C33H26Cl3NO4. The van der Waals surface area contributed by atoms with Crippen LogP contribution in [0.15, 0.2) is 78.9 Å². The normalized spacial score (nSPS) is 16.8. The fourth-order valence-electron chi connectivity index (χ4n) is 6.03. The summed E-state index contributed by atoms with van der Waals surface area (Å²) in [7, 11) is 1.63. The van der Waals surface area contributed by atoms with Gasteiger partial charge in [0.1, 0.15) is 12.6 Å². The van der Waals surface area contributed by atoms with E-state index in [-0.39, 0.29) is 6.79 Å². The number of benzene rings is 4. The van der Waals surface area contributed by atoms with E-state index in [0.29, 0.717) is 24.7 Å². The molecule has 0 unspecified atom stereocenters. The molecule has 0 bridgehead atoms. The van der Waals surface area contributed by atoms with Gasteiger partial charge in [-0.05, 0) is 58.5 Å². The maximum Gasteiger partial charge on any atom is 0.231 e. The molecular weight excluding hydrogens is 581 g/mol. The van der Waals surface area contributed by atoms with Crippen molar-refractivity contribution in [2.75, 3.05) is 20.4 Å². The Morgan fingerprint density at radius 3 is 2.44 bits per heavy atom. The molecule has 0 saturated heterocycles. The second-order valence-electron chi connectivity index (χ2n) is 10.2. The van der Waals surface area contributed by atoms with Crippen molar-refractivity contribution in [1.82, 2.24) is 4.90 Å². The maximum absolute atomic E-state index is 6.79. The van der Waals surface area contributed by atoms with Crippen molar-refractivity contribution in [2.24, 2.45) is 0 Å². The highest BCUT2D eigenvalue weighted by Gasteiger charge is 2.46. The minimum Gasteiger partial charge on any atom is -0.493 e. The van der Waals surface area contributed by atoms with E-state index in [4.69, 9.17) is 53.8 Å². The molecule has 0 N–H and O–H groups in total. The highest BCUT2D eigenvalue weighted by molar-refractivity contribution is 6.68.